The predicted molar refractivity (Wildman–Crippen MR) is 118 cm³/mol. The molecule has 0 fully saturated rings. The molecule has 2 aromatic carbocycles. The predicted octanol–water partition coefficient (Wildman–Crippen LogP) is 3.70. The molecular formula is C21H22FN3O4S2. The molecule has 164 valence electrons. The molecule has 1 atom stereocenters. The summed E-state index contributed by atoms with van der Waals surface area (Å²) in [6.07, 6.45) is 1.08. The van der Waals surface area contributed by atoms with Crippen LogP contribution in [0.5, 0.6) is 0 Å². The second kappa shape index (κ2) is 9.99. The van der Waals surface area contributed by atoms with Crippen LogP contribution in [0.1, 0.15) is 34.8 Å². The van der Waals surface area contributed by atoms with Crippen molar-refractivity contribution in [2.45, 2.75) is 32.2 Å². The van der Waals surface area contributed by atoms with Gasteiger partial charge in [-0.15, -0.1) is 11.3 Å². The highest BCUT2D eigenvalue weighted by Crippen LogP contribution is 2.24. The van der Waals surface area contributed by atoms with Crippen molar-refractivity contribution in [2.75, 3.05) is 4.72 Å². The molecule has 0 saturated heterocycles. The highest BCUT2D eigenvalue weighted by atomic mass is 32.2. The Kier molecular flexibility index (Phi) is 7.37. The largest absolute Gasteiger partial charge is 0.357 e. The molecule has 7 nitrogen and oxygen atoms in total. The van der Waals surface area contributed by atoms with Crippen LogP contribution in [0.2, 0.25) is 0 Å². The van der Waals surface area contributed by atoms with E-state index in [1.807, 2.05) is 17.0 Å². The van der Waals surface area contributed by atoms with E-state index in [1.54, 1.807) is 30.3 Å². The maximum Gasteiger partial charge on any atom is 0.357 e. The normalized spacial score (nSPS) is 12.4. The molecule has 10 heteroatoms. The van der Waals surface area contributed by atoms with Crippen LogP contribution in [-0.2, 0) is 34.4 Å². The van der Waals surface area contributed by atoms with Crippen molar-refractivity contribution < 1.29 is 22.2 Å². The van der Waals surface area contributed by atoms with E-state index in [1.165, 1.54) is 29.5 Å². The zero-order chi connectivity index (χ0) is 22.4. The van der Waals surface area contributed by atoms with Gasteiger partial charge < -0.3 is 5.32 Å². The molecule has 3 rings (SSSR count). The number of carbonyl (C=O) groups is 1. The van der Waals surface area contributed by atoms with Gasteiger partial charge in [0, 0.05) is 5.38 Å². The Morgan fingerprint density at radius 1 is 1.19 bits per heavy atom. The van der Waals surface area contributed by atoms with Gasteiger partial charge in [0.25, 0.3) is 0 Å². The maximum absolute atomic E-state index is 13.9. The standard InChI is InChI=1S/C21H22FN3O4S2/c1-2-16-13-30-21(23-16)19(24-20(26)12-15-5-3-4-6-18(15)22)11-14-7-9-17(10-8-14)25-31(27,28)29/h3-10,13,19,25H,2,11-12H2,1H3,(H,24,26)(H,27,28,29). The lowest BCUT2D eigenvalue weighted by molar-refractivity contribution is -0.121. The van der Waals surface area contributed by atoms with Crippen molar-refractivity contribution >= 4 is 33.2 Å². The van der Waals surface area contributed by atoms with E-state index in [-0.39, 0.29) is 18.0 Å². The minimum atomic E-state index is -4.35. The van der Waals surface area contributed by atoms with E-state index < -0.39 is 22.2 Å². The Morgan fingerprint density at radius 3 is 2.52 bits per heavy atom. The smallest absolute Gasteiger partial charge is 0.346 e. The van der Waals surface area contributed by atoms with Crippen molar-refractivity contribution in [3.63, 3.8) is 0 Å². The molecule has 0 spiro atoms. The number of nitrogens with zero attached hydrogens (tertiary/aromatic N) is 1. The Balaban J connectivity index is 1.76. The molecule has 0 aliphatic heterocycles. The monoisotopic (exact) mass is 463 g/mol. The van der Waals surface area contributed by atoms with Crippen LogP contribution in [-0.4, -0.2) is 23.9 Å². The number of aryl methyl sites for hydroxylation is 1. The van der Waals surface area contributed by atoms with E-state index >= 15 is 0 Å². The molecule has 1 unspecified atom stereocenters. The fraction of sp³-hybridized carbons (Fsp3) is 0.238. The first kappa shape index (κ1) is 22.9. The SMILES string of the molecule is CCc1csc(C(Cc2ccc(NS(=O)(=O)O)cc2)NC(=O)Cc2ccccc2F)n1. The number of halogens is 1. The van der Waals surface area contributed by atoms with Crippen LogP contribution in [0.25, 0.3) is 0 Å². The van der Waals surface area contributed by atoms with E-state index in [0.717, 1.165) is 22.7 Å². The van der Waals surface area contributed by atoms with E-state index in [2.05, 4.69) is 10.3 Å². The van der Waals surface area contributed by atoms with Gasteiger partial charge in [-0.3, -0.25) is 14.1 Å². The van der Waals surface area contributed by atoms with Crippen LogP contribution in [0.15, 0.2) is 53.9 Å². The molecule has 31 heavy (non-hydrogen) atoms. The molecule has 0 aliphatic carbocycles. The molecule has 1 heterocycles. The number of aromatic nitrogens is 1. The number of thiazole rings is 1. The quantitative estimate of drug-likeness (QED) is 0.419. The number of carbonyl (C=O) groups excluding carboxylic acids is 1. The minimum absolute atomic E-state index is 0.0909. The summed E-state index contributed by atoms with van der Waals surface area (Å²) in [6.45, 7) is 1.99. The first-order valence-electron chi connectivity index (χ1n) is 9.54. The zero-order valence-corrected chi connectivity index (χ0v) is 18.3. The van der Waals surface area contributed by atoms with Gasteiger partial charge in [0.15, 0.2) is 0 Å². The molecule has 0 bridgehead atoms. The maximum atomic E-state index is 13.9. The second-order valence-electron chi connectivity index (χ2n) is 6.90. The second-order valence-corrected chi connectivity index (χ2v) is 8.94. The van der Waals surface area contributed by atoms with Gasteiger partial charge in [0.1, 0.15) is 10.8 Å². The summed E-state index contributed by atoms with van der Waals surface area (Å²) in [5.41, 5.74) is 2.27. The summed E-state index contributed by atoms with van der Waals surface area (Å²) < 4.78 is 46.6. The molecule has 0 aliphatic rings. The molecule has 0 saturated carbocycles. The minimum Gasteiger partial charge on any atom is -0.346 e. The van der Waals surface area contributed by atoms with Crippen LogP contribution in [0.4, 0.5) is 10.1 Å². The summed E-state index contributed by atoms with van der Waals surface area (Å²) in [5, 5.41) is 5.61. The Bertz CT molecular complexity index is 1150. The van der Waals surface area contributed by atoms with Crippen molar-refractivity contribution in [1.29, 1.82) is 0 Å². The fourth-order valence-electron chi connectivity index (χ4n) is 3.00. The Morgan fingerprint density at radius 2 is 1.90 bits per heavy atom. The average Bonchev–Trinajstić information content (AvgIpc) is 3.19. The number of anilines is 1. The van der Waals surface area contributed by atoms with Crippen molar-refractivity contribution in [3.8, 4) is 0 Å². The first-order valence-corrected chi connectivity index (χ1v) is 11.9. The number of amides is 1. The molecule has 0 radical (unpaired) electrons. The number of hydrogen-bond donors (Lipinski definition) is 3. The summed E-state index contributed by atoms with van der Waals surface area (Å²) in [7, 11) is -4.35. The van der Waals surface area contributed by atoms with Gasteiger partial charge in [0.05, 0.1) is 23.8 Å². The first-order chi connectivity index (χ1) is 14.7. The molecule has 3 N–H and O–H groups in total. The van der Waals surface area contributed by atoms with Crippen LogP contribution >= 0.6 is 11.3 Å². The average molecular weight is 464 g/mol. The van der Waals surface area contributed by atoms with Crippen LogP contribution < -0.4 is 10.0 Å². The number of nitrogens with one attached hydrogen (secondary N) is 2. The fourth-order valence-corrected chi connectivity index (χ4v) is 4.39. The molecular weight excluding hydrogens is 441 g/mol. The topological polar surface area (TPSA) is 108 Å². The van der Waals surface area contributed by atoms with E-state index in [9.17, 15) is 17.6 Å². The molecule has 3 aromatic rings. The summed E-state index contributed by atoms with van der Waals surface area (Å²) >= 11 is 1.44. The Hall–Kier alpha value is -2.82. The van der Waals surface area contributed by atoms with Crippen LogP contribution in [0, 0.1) is 5.82 Å². The number of hydrogen-bond acceptors (Lipinski definition) is 5. The van der Waals surface area contributed by atoms with Crippen molar-refractivity contribution in [2.24, 2.45) is 0 Å². The molecule has 1 amide bonds. The molecule has 1 aromatic heterocycles. The number of rotatable bonds is 9. The van der Waals surface area contributed by atoms with Crippen molar-refractivity contribution in [1.82, 2.24) is 10.3 Å². The van der Waals surface area contributed by atoms with Gasteiger partial charge in [-0.25, -0.2) is 9.37 Å². The van der Waals surface area contributed by atoms with Gasteiger partial charge in [-0.2, -0.15) is 8.42 Å². The highest BCUT2D eigenvalue weighted by molar-refractivity contribution is 7.87. The Labute approximate surface area is 184 Å². The summed E-state index contributed by atoms with van der Waals surface area (Å²) in [6, 6.07) is 12.1. The van der Waals surface area contributed by atoms with Gasteiger partial charge in [0.2, 0.25) is 5.91 Å². The van der Waals surface area contributed by atoms with E-state index in [4.69, 9.17) is 4.55 Å². The zero-order valence-electron chi connectivity index (χ0n) is 16.7. The lowest BCUT2D eigenvalue weighted by atomic mass is 10.0. The highest BCUT2D eigenvalue weighted by Gasteiger charge is 2.20. The van der Waals surface area contributed by atoms with Crippen LogP contribution in [0.3, 0.4) is 0 Å². The van der Waals surface area contributed by atoms with Gasteiger partial charge in [-0.1, -0.05) is 37.3 Å². The summed E-state index contributed by atoms with van der Waals surface area (Å²) in [4.78, 5) is 17.2. The summed E-state index contributed by atoms with van der Waals surface area (Å²) in [5.74, 6) is -0.758. The van der Waals surface area contributed by atoms with Gasteiger partial charge in [-0.05, 0) is 42.2 Å². The lowest BCUT2D eigenvalue weighted by Crippen LogP contribution is -2.31. The number of benzene rings is 2. The van der Waals surface area contributed by atoms with Crippen molar-refractivity contribution in [3.05, 3.63) is 81.6 Å². The third-order valence-corrected chi connectivity index (χ3v) is 6.02. The van der Waals surface area contributed by atoms with Gasteiger partial charge >= 0.3 is 10.3 Å². The lowest BCUT2D eigenvalue weighted by Gasteiger charge is -2.17. The third-order valence-electron chi connectivity index (χ3n) is 4.51. The third kappa shape index (κ3) is 6.84. The van der Waals surface area contributed by atoms with E-state index in [0.29, 0.717) is 12.0 Å².